The van der Waals surface area contributed by atoms with Crippen LogP contribution in [0.4, 0.5) is 21.8 Å². The van der Waals surface area contributed by atoms with Crippen LogP contribution in [0.1, 0.15) is 5.56 Å². The first-order valence-corrected chi connectivity index (χ1v) is 5.76. The summed E-state index contributed by atoms with van der Waals surface area (Å²) in [5.41, 5.74) is 1.70. The van der Waals surface area contributed by atoms with E-state index in [2.05, 4.69) is 20.6 Å². The number of anilines is 3. The van der Waals surface area contributed by atoms with E-state index >= 15 is 0 Å². The Labute approximate surface area is 110 Å². The fourth-order valence-corrected chi connectivity index (χ4v) is 1.61. The van der Waals surface area contributed by atoms with Crippen molar-refractivity contribution >= 4 is 17.5 Å². The minimum absolute atomic E-state index is 0.132. The van der Waals surface area contributed by atoms with Crippen molar-refractivity contribution < 1.29 is 9.13 Å². The number of methoxy groups -OCH3 is 1. The fraction of sp³-hybridized carbons (Fsp3) is 0.231. The Morgan fingerprint density at radius 2 is 2.11 bits per heavy atom. The highest BCUT2D eigenvalue weighted by atomic mass is 19.1. The van der Waals surface area contributed by atoms with Crippen molar-refractivity contribution in [3.8, 4) is 5.75 Å². The van der Waals surface area contributed by atoms with E-state index in [9.17, 15) is 4.39 Å². The Morgan fingerprint density at radius 1 is 1.32 bits per heavy atom. The molecular weight excluding hydrogens is 247 g/mol. The van der Waals surface area contributed by atoms with Crippen LogP contribution in [0.3, 0.4) is 0 Å². The van der Waals surface area contributed by atoms with Gasteiger partial charge in [0.15, 0.2) is 11.6 Å². The molecule has 2 rings (SSSR count). The van der Waals surface area contributed by atoms with Crippen molar-refractivity contribution in [2.24, 2.45) is 0 Å². The van der Waals surface area contributed by atoms with Gasteiger partial charge in [-0.15, -0.1) is 0 Å². The standard InChI is InChI=1S/C13H15FN4O/c1-8-6-9(19-3)4-5-11(8)17-12-10(14)7-16-13(15-2)18-12/h4-7H,1-3H3,(H2,15,16,17,18). The number of hydrogen-bond acceptors (Lipinski definition) is 5. The maximum Gasteiger partial charge on any atom is 0.224 e. The lowest BCUT2D eigenvalue weighted by Gasteiger charge is -2.11. The number of aromatic nitrogens is 2. The molecule has 5 nitrogen and oxygen atoms in total. The number of ether oxygens (including phenoxy) is 1. The van der Waals surface area contributed by atoms with Crippen LogP contribution >= 0.6 is 0 Å². The van der Waals surface area contributed by atoms with E-state index in [-0.39, 0.29) is 5.82 Å². The third-order valence-electron chi connectivity index (χ3n) is 2.65. The maximum absolute atomic E-state index is 13.6. The molecule has 0 atom stereocenters. The van der Waals surface area contributed by atoms with Crippen molar-refractivity contribution in [3.05, 3.63) is 35.8 Å². The van der Waals surface area contributed by atoms with Crippen LogP contribution in [0.5, 0.6) is 5.75 Å². The summed E-state index contributed by atoms with van der Waals surface area (Å²) in [4.78, 5) is 7.82. The van der Waals surface area contributed by atoms with Crippen LogP contribution in [0.25, 0.3) is 0 Å². The molecule has 0 radical (unpaired) electrons. The summed E-state index contributed by atoms with van der Waals surface area (Å²) in [5.74, 6) is 0.735. The number of nitrogens with one attached hydrogen (secondary N) is 2. The molecule has 6 heteroatoms. The van der Waals surface area contributed by atoms with E-state index in [4.69, 9.17) is 4.74 Å². The van der Waals surface area contributed by atoms with Crippen molar-refractivity contribution in [1.29, 1.82) is 0 Å². The number of nitrogens with zero attached hydrogens (tertiary/aromatic N) is 2. The molecule has 0 amide bonds. The molecule has 0 bridgehead atoms. The first-order chi connectivity index (χ1) is 9.13. The second kappa shape index (κ2) is 5.51. The number of rotatable bonds is 4. The van der Waals surface area contributed by atoms with Gasteiger partial charge in [-0.1, -0.05) is 0 Å². The van der Waals surface area contributed by atoms with E-state index in [1.165, 1.54) is 0 Å². The molecule has 0 aliphatic heterocycles. The van der Waals surface area contributed by atoms with Crippen LogP contribution in [0.2, 0.25) is 0 Å². The normalized spacial score (nSPS) is 10.1. The van der Waals surface area contributed by atoms with Gasteiger partial charge in [-0.05, 0) is 30.7 Å². The quantitative estimate of drug-likeness (QED) is 0.887. The Bertz CT molecular complexity index is 589. The van der Waals surface area contributed by atoms with Gasteiger partial charge in [0, 0.05) is 12.7 Å². The average Bonchev–Trinajstić information content (AvgIpc) is 2.43. The van der Waals surface area contributed by atoms with E-state index in [0.717, 1.165) is 23.2 Å². The van der Waals surface area contributed by atoms with Gasteiger partial charge in [-0.25, -0.2) is 9.37 Å². The van der Waals surface area contributed by atoms with Crippen LogP contribution in [-0.2, 0) is 0 Å². The van der Waals surface area contributed by atoms with Crippen molar-refractivity contribution in [2.45, 2.75) is 6.92 Å². The van der Waals surface area contributed by atoms with Gasteiger partial charge >= 0.3 is 0 Å². The van der Waals surface area contributed by atoms with E-state index < -0.39 is 5.82 Å². The topological polar surface area (TPSA) is 59.1 Å². The van der Waals surface area contributed by atoms with Crippen molar-refractivity contribution in [2.75, 3.05) is 24.8 Å². The van der Waals surface area contributed by atoms with E-state index in [1.54, 1.807) is 20.2 Å². The Balaban J connectivity index is 2.30. The maximum atomic E-state index is 13.6. The summed E-state index contributed by atoms with van der Waals surface area (Å²) >= 11 is 0. The first-order valence-electron chi connectivity index (χ1n) is 5.76. The molecule has 2 aromatic rings. The zero-order valence-electron chi connectivity index (χ0n) is 11.0. The minimum atomic E-state index is -0.505. The molecule has 0 unspecified atom stereocenters. The fourth-order valence-electron chi connectivity index (χ4n) is 1.61. The highest BCUT2D eigenvalue weighted by Crippen LogP contribution is 2.25. The molecular formula is C13H15FN4O. The molecule has 100 valence electrons. The zero-order valence-corrected chi connectivity index (χ0v) is 11.0. The highest BCUT2D eigenvalue weighted by molar-refractivity contribution is 5.62. The lowest BCUT2D eigenvalue weighted by Crippen LogP contribution is -2.03. The van der Waals surface area contributed by atoms with Crippen molar-refractivity contribution in [1.82, 2.24) is 9.97 Å². The summed E-state index contributed by atoms with van der Waals surface area (Å²) in [5, 5.41) is 5.71. The third-order valence-corrected chi connectivity index (χ3v) is 2.65. The molecule has 0 aliphatic rings. The zero-order chi connectivity index (χ0) is 13.8. The summed E-state index contributed by atoms with van der Waals surface area (Å²) in [6.07, 6.45) is 1.13. The molecule has 1 aromatic carbocycles. The number of benzene rings is 1. The minimum Gasteiger partial charge on any atom is -0.497 e. The molecule has 0 spiro atoms. The highest BCUT2D eigenvalue weighted by Gasteiger charge is 2.08. The largest absolute Gasteiger partial charge is 0.497 e. The van der Waals surface area contributed by atoms with Gasteiger partial charge in [0.1, 0.15) is 5.75 Å². The second-order valence-corrected chi connectivity index (χ2v) is 3.95. The Kier molecular flexibility index (Phi) is 3.79. The average molecular weight is 262 g/mol. The third kappa shape index (κ3) is 2.90. The number of aryl methyl sites for hydroxylation is 1. The van der Waals surface area contributed by atoms with Crippen LogP contribution in [-0.4, -0.2) is 24.1 Å². The lowest BCUT2D eigenvalue weighted by atomic mass is 10.2. The molecule has 19 heavy (non-hydrogen) atoms. The molecule has 0 aliphatic carbocycles. The summed E-state index contributed by atoms with van der Waals surface area (Å²) in [7, 11) is 3.28. The van der Waals surface area contributed by atoms with Crippen molar-refractivity contribution in [3.63, 3.8) is 0 Å². The molecule has 0 saturated heterocycles. The smallest absolute Gasteiger partial charge is 0.224 e. The van der Waals surface area contributed by atoms with Gasteiger partial charge in [-0.3, -0.25) is 0 Å². The van der Waals surface area contributed by atoms with Gasteiger partial charge in [0.25, 0.3) is 0 Å². The van der Waals surface area contributed by atoms with Gasteiger partial charge in [-0.2, -0.15) is 4.98 Å². The Morgan fingerprint density at radius 3 is 2.74 bits per heavy atom. The molecule has 1 heterocycles. The second-order valence-electron chi connectivity index (χ2n) is 3.95. The lowest BCUT2D eigenvalue weighted by molar-refractivity contribution is 0.414. The van der Waals surface area contributed by atoms with Crippen LogP contribution in [0, 0.1) is 12.7 Å². The molecule has 0 fully saturated rings. The predicted molar refractivity (Wildman–Crippen MR) is 72.6 cm³/mol. The number of hydrogen-bond donors (Lipinski definition) is 2. The van der Waals surface area contributed by atoms with E-state index in [0.29, 0.717) is 5.95 Å². The monoisotopic (exact) mass is 262 g/mol. The summed E-state index contributed by atoms with van der Waals surface area (Å²) < 4.78 is 18.8. The summed E-state index contributed by atoms with van der Waals surface area (Å²) in [6, 6.07) is 5.47. The summed E-state index contributed by atoms with van der Waals surface area (Å²) in [6.45, 7) is 1.91. The van der Waals surface area contributed by atoms with Crippen LogP contribution in [0.15, 0.2) is 24.4 Å². The SMILES string of the molecule is CNc1ncc(F)c(Nc2ccc(OC)cc2C)n1. The molecule has 2 N–H and O–H groups in total. The van der Waals surface area contributed by atoms with E-state index in [1.807, 2.05) is 19.1 Å². The van der Waals surface area contributed by atoms with Gasteiger partial charge < -0.3 is 15.4 Å². The first kappa shape index (κ1) is 13.1. The van der Waals surface area contributed by atoms with Crippen LogP contribution < -0.4 is 15.4 Å². The van der Waals surface area contributed by atoms with Gasteiger partial charge in [0.05, 0.1) is 13.3 Å². The predicted octanol–water partition coefficient (Wildman–Crippen LogP) is 2.72. The molecule has 0 saturated carbocycles. The Hall–Kier alpha value is -2.37. The number of halogens is 1. The molecule has 1 aromatic heterocycles. The van der Waals surface area contributed by atoms with Gasteiger partial charge in [0.2, 0.25) is 5.95 Å².